The van der Waals surface area contributed by atoms with E-state index in [9.17, 15) is 14.4 Å². The second kappa shape index (κ2) is 10.5. The molecule has 3 saturated carbocycles. The summed E-state index contributed by atoms with van der Waals surface area (Å²) >= 11 is 0. The zero-order valence-electron chi connectivity index (χ0n) is 24.6. The number of oxime groups is 1. The number of ether oxygens (including phenoxy) is 3. The van der Waals surface area contributed by atoms with Crippen LogP contribution in [0.25, 0.3) is 0 Å². The molecule has 1 amide bonds. The molecule has 0 saturated heterocycles. The summed E-state index contributed by atoms with van der Waals surface area (Å²) in [6.45, 7) is 12.0. The lowest BCUT2D eigenvalue weighted by Crippen LogP contribution is -2.59. The highest BCUT2D eigenvalue weighted by molar-refractivity contribution is 6.38. The highest BCUT2D eigenvalue weighted by Crippen LogP contribution is 2.70. The first-order valence-corrected chi connectivity index (χ1v) is 14.8. The van der Waals surface area contributed by atoms with Crippen LogP contribution in [-0.2, 0) is 28.6 Å². The maximum absolute atomic E-state index is 13.0. The van der Waals surface area contributed by atoms with Crippen LogP contribution in [0.3, 0.4) is 0 Å². The van der Waals surface area contributed by atoms with Crippen LogP contribution < -0.4 is 5.43 Å². The van der Waals surface area contributed by atoms with Gasteiger partial charge in [0, 0.05) is 18.8 Å². The monoisotopic (exact) mass is 557 g/mol. The highest BCUT2D eigenvalue weighted by atomic mass is 16.7. The molecular formula is C30H43N3O7. The van der Waals surface area contributed by atoms with Gasteiger partial charge in [0.15, 0.2) is 11.3 Å². The standard InChI is InChI=1S/C30H43N3O7/c1-7-37-26(35)25-24-16-23-21-10-9-19-15-20(39-18(4)34)11-13-28(19,5)22(21)12-14-29(23,6)30(24,40-33-25)17(3)31-32-27(36)38-8-2/h9,20-24H,7-8,10-16H2,1-6H3,(H,32,36)/b31-17+/t20-,21-,22-,23-,24-,28-,29-,30+/m0/s1. The van der Waals surface area contributed by atoms with E-state index in [1.807, 2.05) is 6.92 Å². The molecule has 1 aliphatic heterocycles. The summed E-state index contributed by atoms with van der Waals surface area (Å²) < 4.78 is 16.0. The molecule has 0 radical (unpaired) electrons. The Morgan fingerprint density at radius 3 is 2.55 bits per heavy atom. The molecule has 0 spiro atoms. The number of hydrogen-bond donors (Lipinski definition) is 1. The van der Waals surface area contributed by atoms with E-state index in [4.69, 9.17) is 19.0 Å². The molecule has 220 valence electrons. The Kier molecular flexibility index (Phi) is 7.50. The van der Waals surface area contributed by atoms with Gasteiger partial charge in [0.25, 0.3) is 0 Å². The molecule has 10 heteroatoms. The maximum Gasteiger partial charge on any atom is 0.427 e. The van der Waals surface area contributed by atoms with E-state index in [-0.39, 0.29) is 48.0 Å². The van der Waals surface area contributed by atoms with Crippen LogP contribution in [-0.4, -0.2) is 54.4 Å². The fourth-order valence-electron chi connectivity index (χ4n) is 9.15. The molecule has 8 atom stereocenters. The van der Waals surface area contributed by atoms with E-state index >= 15 is 0 Å². The second-order valence-electron chi connectivity index (χ2n) is 12.5. The predicted octanol–water partition coefficient (Wildman–Crippen LogP) is 4.92. The molecule has 0 aromatic rings. The fraction of sp³-hybridized carbons (Fsp3) is 0.767. The molecular weight excluding hydrogens is 514 g/mol. The van der Waals surface area contributed by atoms with Crippen molar-refractivity contribution in [2.45, 2.75) is 98.2 Å². The fourth-order valence-corrected chi connectivity index (χ4v) is 9.15. The van der Waals surface area contributed by atoms with Crippen molar-refractivity contribution < 1.29 is 33.4 Å². The lowest BCUT2D eigenvalue weighted by atomic mass is 9.46. The number of hydrogen-bond acceptors (Lipinski definition) is 9. The van der Waals surface area contributed by atoms with E-state index < -0.39 is 17.7 Å². The average Bonchev–Trinajstić information content (AvgIpc) is 3.41. The molecule has 0 bridgehead atoms. The van der Waals surface area contributed by atoms with Crippen LogP contribution in [0, 0.1) is 34.5 Å². The molecule has 1 heterocycles. The van der Waals surface area contributed by atoms with Gasteiger partial charge in [-0.1, -0.05) is 30.7 Å². The van der Waals surface area contributed by atoms with Crippen LogP contribution in [0.15, 0.2) is 21.9 Å². The third-order valence-corrected chi connectivity index (χ3v) is 10.8. The summed E-state index contributed by atoms with van der Waals surface area (Å²) in [6, 6.07) is 0. The molecule has 1 N–H and O–H groups in total. The minimum absolute atomic E-state index is 0.0427. The van der Waals surface area contributed by atoms with Crippen molar-refractivity contribution in [2.24, 2.45) is 44.8 Å². The minimum Gasteiger partial charge on any atom is -0.462 e. The number of fused-ring (bicyclic) bond motifs is 7. The second-order valence-corrected chi connectivity index (χ2v) is 12.5. The Balaban J connectivity index is 1.49. The number of nitrogens with zero attached hydrogens (tertiary/aromatic N) is 2. The first kappa shape index (κ1) is 28.6. The Hall–Kier alpha value is -2.91. The van der Waals surface area contributed by atoms with E-state index in [1.54, 1.807) is 13.8 Å². The van der Waals surface area contributed by atoms with Crippen LogP contribution in [0.1, 0.15) is 86.5 Å². The zero-order valence-corrected chi connectivity index (χ0v) is 24.6. The van der Waals surface area contributed by atoms with Gasteiger partial charge in [0.05, 0.1) is 24.8 Å². The topological polar surface area (TPSA) is 125 Å². The molecule has 4 aliphatic carbocycles. The van der Waals surface area contributed by atoms with Gasteiger partial charge in [-0.2, -0.15) is 5.10 Å². The lowest BCUT2D eigenvalue weighted by Gasteiger charge is -2.58. The number of carbonyl (C=O) groups is 3. The molecule has 0 unspecified atom stereocenters. The highest BCUT2D eigenvalue weighted by Gasteiger charge is 2.74. The van der Waals surface area contributed by atoms with Crippen molar-refractivity contribution in [2.75, 3.05) is 13.2 Å². The van der Waals surface area contributed by atoms with E-state index in [1.165, 1.54) is 12.5 Å². The summed E-state index contributed by atoms with van der Waals surface area (Å²) in [5.41, 5.74) is 3.53. The number of carbonyl (C=O) groups excluding carboxylic acids is 3. The SMILES string of the molecule is CCOC(=O)N/N=C(\C)[C@@]12ON=C(C(=O)OCC)[C@@H]1C[C@H]1[C@H]3CC=C4C[C@@H](OC(C)=O)CC[C@]4(C)[C@H]3CC[C@@]12C. The summed E-state index contributed by atoms with van der Waals surface area (Å²) in [5.74, 6) is 0.139. The van der Waals surface area contributed by atoms with E-state index in [0.717, 1.165) is 44.9 Å². The zero-order chi connectivity index (χ0) is 28.9. The van der Waals surface area contributed by atoms with Gasteiger partial charge in [-0.05, 0) is 82.5 Å². The van der Waals surface area contributed by atoms with Crippen molar-refractivity contribution in [3.05, 3.63) is 11.6 Å². The van der Waals surface area contributed by atoms with E-state index in [2.05, 4.69) is 35.6 Å². The Morgan fingerprint density at radius 2 is 1.85 bits per heavy atom. The molecule has 10 nitrogen and oxygen atoms in total. The number of nitrogens with one attached hydrogen (secondary N) is 1. The first-order chi connectivity index (χ1) is 19.0. The van der Waals surface area contributed by atoms with Gasteiger partial charge in [-0.15, -0.1) is 0 Å². The number of esters is 2. The van der Waals surface area contributed by atoms with Gasteiger partial charge >= 0.3 is 18.0 Å². The summed E-state index contributed by atoms with van der Waals surface area (Å²) in [7, 11) is 0. The van der Waals surface area contributed by atoms with Crippen LogP contribution in [0.4, 0.5) is 4.79 Å². The molecule has 5 aliphatic rings. The molecule has 40 heavy (non-hydrogen) atoms. The van der Waals surface area contributed by atoms with Crippen LogP contribution in [0.2, 0.25) is 0 Å². The number of rotatable bonds is 6. The Morgan fingerprint density at radius 1 is 1.10 bits per heavy atom. The first-order valence-electron chi connectivity index (χ1n) is 14.8. The summed E-state index contributed by atoms with van der Waals surface area (Å²) in [4.78, 5) is 43.1. The average molecular weight is 558 g/mol. The number of hydrazone groups is 1. The molecule has 3 fully saturated rings. The van der Waals surface area contributed by atoms with Gasteiger partial charge in [-0.3, -0.25) is 4.79 Å². The van der Waals surface area contributed by atoms with Crippen molar-refractivity contribution in [3.8, 4) is 0 Å². The molecule has 0 aromatic heterocycles. The third-order valence-electron chi connectivity index (χ3n) is 10.8. The maximum atomic E-state index is 13.0. The number of amides is 1. The minimum atomic E-state index is -0.970. The Labute approximate surface area is 236 Å². The summed E-state index contributed by atoms with van der Waals surface area (Å²) in [6.07, 6.45) is 7.95. The summed E-state index contributed by atoms with van der Waals surface area (Å²) in [5, 5.41) is 8.75. The normalized spacial score (nSPS) is 39.8. The largest absolute Gasteiger partial charge is 0.462 e. The van der Waals surface area contributed by atoms with Gasteiger partial charge in [-0.25, -0.2) is 15.0 Å². The third kappa shape index (κ3) is 4.24. The quantitative estimate of drug-likeness (QED) is 0.162. The van der Waals surface area contributed by atoms with Crippen LogP contribution in [0.5, 0.6) is 0 Å². The van der Waals surface area contributed by atoms with Crippen molar-refractivity contribution >= 4 is 29.5 Å². The van der Waals surface area contributed by atoms with E-state index in [0.29, 0.717) is 23.3 Å². The van der Waals surface area contributed by atoms with Crippen molar-refractivity contribution in [1.29, 1.82) is 0 Å². The number of allylic oxidation sites excluding steroid dienone is 1. The van der Waals surface area contributed by atoms with Gasteiger partial charge in [0.1, 0.15) is 6.10 Å². The van der Waals surface area contributed by atoms with Gasteiger partial charge < -0.3 is 19.0 Å². The van der Waals surface area contributed by atoms with Gasteiger partial charge in [0.2, 0.25) is 0 Å². The van der Waals surface area contributed by atoms with Crippen LogP contribution >= 0.6 is 0 Å². The predicted molar refractivity (Wildman–Crippen MR) is 147 cm³/mol. The lowest BCUT2D eigenvalue weighted by molar-refractivity contribution is -0.149. The smallest absolute Gasteiger partial charge is 0.427 e. The van der Waals surface area contributed by atoms with Crippen molar-refractivity contribution in [1.82, 2.24) is 5.43 Å². The molecule has 0 aromatic carbocycles. The Bertz CT molecular complexity index is 1160. The van der Waals surface area contributed by atoms with Crippen molar-refractivity contribution in [3.63, 3.8) is 0 Å². The molecule has 5 rings (SSSR count).